The molecule has 16 heteroatoms. The third kappa shape index (κ3) is 4.84. The van der Waals surface area contributed by atoms with Crippen LogP contribution in [0.1, 0.15) is 5.69 Å². The molecule has 3 N–H and O–H groups in total. The lowest BCUT2D eigenvalue weighted by molar-refractivity contribution is -0.150. The molecule has 11 nitrogen and oxygen atoms in total. The Hall–Kier alpha value is -2.27. The summed E-state index contributed by atoms with van der Waals surface area (Å²) in [7, 11) is 0. The maximum atomic E-state index is 12.8. The van der Waals surface area contributed by atoms with Crippen molar-refractivity contribution >= 4 is 97.0 Å². The molecule has 0 radical (unpaired) electrons. The van der Waals surface area contributed by atoms with Crippen LogP contribution in [0.5, 0.6) is 0 Å². The van der Waals surface area contributed by atoms with Crippen molar-refractivity contribution in [1.82, 2.24) is 25.4 Å². The Morgan fingerprint density at radius 1 is 1.39 bits per heavy atom. The minimum atomic E-state index is -1.19. The predicted molar refractivity (Wildman–Crippen MR) is 129 cm³/mol. The molecule has 172 valence electrons. The topological polar surface area (TPSA) is 154 Å². The number of carboxylic acid groups (broad SMARTS) is 1. The van der Waals surface area contributed by atoms with E-state index >= 15 is 0 Å². The number of carbonyl (C=O) groups is 4. The molecular formula is C17H13BrN6O5S4. The summed E-state index contributed by atoms with van der Waals surface area (Å²) in [5, 5.41) is 23.9. The van der Waals surface area contributed by atoms with E-state index in [9.17, 15) is 24.3 Å². The normalized spacial score (nSPS) is 20.2. The minimum Gasteiger partial charge on any atom is -0.477 e. The second-order valence-electron chi connectivity index (χ2n) is 6.43. The molecule has 0 aromatic carbocycles. The molecule has 2 aromatic rings. The molecule has 2 aliphatic heterocycles. The second kappa shape index (κ2) is 10.3. The molecule has 4 heterocycles. The minimum absolute atomic E-state index is 0.0494. The summed E-state index contributed by atoms with van der Waals surface area (Å²) in [5.41, 5.74) is 2.64. The fourth-order valence-electron chi connectivity index (χ4n) is 3.12. The summed E-state index contributed by atoms with van der Waals surface area (Å²) < 4.78 is 0.710. The zero-order chi connectivity index (χ0) is 23.5. The first-order valence-corrected chi connectivity index (χ1v) is 13.7. The average Bonchev–Trinajstić information content (AvgIpc) is 3.48. The number of nitrogens with one attached hydrogen (secondary N) is 2. The van der Waals surface area contributed by atoms with Gasteiger partial charge in [0.15, 0.2) is 9.47 Å². The van der Waals surface area contributed by atoms with Crippen LogP contribution in [0, 0.1) is 0 Å². The summed E-state index contributed by atoms with van der Waals surface area (Å²) in [4.78, 5) is 54.9. The maximum absolute atomic E-state index is 12.8. The molecule has 0 saturated carbocycles. The van der Waals surface area contributed by atoms with E-state index in [0.717, 1.165) is 11.3 Å². The van der Waals surface area contributed by atoms with Crippen LogP contribution in [-0.4, -0.2) is 72.3 Å². The fraction of sp³-hybridized carbons (Fsp3) is 0.235. The highest BCUT2D eigenvalue weighted by molar-refractivity contribution is 9.11. The monoisotopic (exact) mass is 588 g/mol. The van der Waals surface area contributed by atoms with E-state index in [1.165, 1.54) is 44.7 Å². The molecule has 2 aromatic heterocycles. The number of nitrogens with zero attached hydrogens (tertiary/aromatic N) is 4. The number of aliphatic carboxylic acids is 1. The Labute approximate surface area is 211 Å². The van der Waals surface area contributed by atoms with E-state index in [2.05, 4.69) is 41.7 Å². The Balaban J connectivity index is 1.46. The van der Waals surface area contributed by atoms with Gasteiger partial charge in [0.05, 0.1) is 11.3 Å². The van der Waals surface area contributed by atoms with Gasteiger partial charge in [-0.15, -0.1) is 33.3 Å². The van der Waals surface area contributed by atoms with Crippen molar-refractivity contribution in [1.29, 1.82) is 0 Å². The molecule has 1 saturated heterocycles. The number of rotatable bonds is 9. The molecule has 3 amide bonds. The summed E-state index contributed by atoms with van der Waals surface area (Å²) in [5.74, 6) is -1.46. The van der Waals surface area contributed by atoms with Gasteiger partial charge in [-0.05, 0) is 10.6 Å². The summed E-state index contributed by atoms with van der Waals surface area (Å²) in [6, 6.07) is -0.872. The van der Waals surface area contributed by atoms with Gasteiger partial charge in [0.1, 0.15) is 22.6 Å². The molecule has 2 atom stereocenters. The second-order valence-corrected chi connectivity index (χ2v) is 10.9. The Kier molecular flexibility index (Phi) is 7.48. The summed E-state index contributed by atoms with van der Waals surface area (Å²) in [6.45, 7) is 0. The van der Waals surface area contributed by atoms with Crippen molar-refractivity contribution in [3.63, 3.8) is 0 Å². The van der Waals surface area contributed by atoms with Gasteiger partial charge in [-0.25, -0.2) is 9.78 Å². The van der Waals surface area contributed by atoms with Crippen LogP contribution >= 0.6 is 62.1 Å². The molecule has 1 fully saturated rings. The first-order chi connectivity index (χ1) is 15.9. The number of halogens is 1. The molecule has 2 aliphatic rings. The Morgan fingerprint density at radius 2 is 2.21 bits per heavy atom. The van der Waals surface area contributed by atoms with E-state index < -0.39 is 29.2 Å². The van der Waals surface area contributed by atoms with Gasteiger partial charge in [-0.3, -0.25) is 19.3 Å². The maximum Gasteiger partial charge on any atom is 0.352 e. The van der Waals surface area contributed by atoms with Crippen LogP contribution < -0.4 is 10.6 Å². The van der Waals surface area contributed by atoms with E-state index in [0.29, 0.717) is 38.7 Å². The number of thioether (sulfide) groups is 2. The number of anilines is 1. The highest BCUT2D eigenvalue weighted by atomic mass is 79.9. The van der Waals surface area contributed by atoms with Crippen molar-refractivity contribution in [2.45, 2.75) is 15.8 Å². The quantitative estimate of drug-likeness (QED) is 0.171. The van der Waals surface area contributed by atoms with Crippen molar-refractivity contribution in [2.24, 2.45) is 0 Å². The van der Waals surface area contributed by atoms with Gasteiger partial charge in [0.2, 0.25) is 6.41 Å². The third-order valence-corrected chi connectivity index (χ3v) is 9.08. The number of carboxylic acids is 1. The van der Waals surface area contributed by atoms with E-state index in [4.69, 9.17) is 0 Å². The lowest BCUT2D eigenvalue weighted by Gasteiger charge is -2.49. The van der Waals surface area contributed by atoms with Gasteiger partial charge < -0.3 is 15.7 Å². The number of hydrogen-bond acceptors (Lipinski definition) is 11. The van der Waals surface area contributed by atoms with Gasteiger partial charge in [0.25, 0.3) is 11.8 Å². The van der Waals surface area contributed by atoms with Gasteiger partial charge in [-0.1, -0.05) is 39.0 Å². The lowest BCUT2D eigenvalue weighted by atomic mass is 10.0. The molecular weight excluding hydrogens is 576 g/mol. The number of hydrogen-bond donors (Lipinski definition) is 3. The Bertz CT molecular complexity index is 1170. The molecule has 0 aliphatic carbocycles. The van der Waals surface area contributed by atoms with E-state index in [1.807, 2.05) is 0 Å². The number of fused-ring (bicyclic) bond motifs is 1. The standard InChI is InChI=1S/C17H13BrN6O5S4/c18-1-8(9-4-31-16(21-9)19-5-25)12(26)22-10-13(27)24-11(15(28)29)7(2-30-14(10)24)3-32-17-23-20-6-33-17/h1,4-6,10,14H,2-3H2,(H,22,26)(H,28,29)(H,19,21,25)/t10?,14-/m0/s1. The Morgan fingerprint density at radius 3 is 2.88 bits per heavy atom. The van der Waals surface area contributed by atoms with Crippen LogP contribution in [0.15, 0.2) is 31.5 Å². The zero-order valence-corrected chi connectivity index (χ0v) is 21.1. The predicted octanol–water partition coefficient (Wildman–Crippen LogP) is 1.83. The molecule has 0 spiro atoms. The molecule has 1 unspecified atom stereocenters. The van der Waals surface area contributed by atoms with Crippen molar-refractivity contribution < 1.29 is 24.3 Å². The van der Waals surface area contributed by atoms with Gasteiger partial charge in [-0.2, -0.15) is 0 Å². The lowest BCUT2D eigenvalue weighted by Crippen LogP contribution is -2.70. The number of carbonyl (C=O) groups excluding carboxylic acids is 3. The first-order valence-electron chi connectivity index (χ1n) is 9.00. The zero-order valence-electron chi connectivity index (χ0n) is 16.3. The van der Waals surface area contributed by atoms with Crippen LogP contribution in [0.3, 0.4) is 0 Å². The fourth-order valence-corrected chi connectivity index (χ4v) is 7.21. The number of amides is 3. The van der Waals surface area contributed by atoms with Gasteiger partial charge >= 0.3 is 5.97 Å². The number of β-lactam (4-membered cyclic amide) rings is 1. The van der Waals surface area contributed by atoms with E-state index in [-0.39, 0.29) is 11.3 Å². The average molecular weight is 590 g/mol. The van der Waals surface area contributed by atoms with Crippen molar-refractivity contribution in [2.75, 3.05) is 16.8 Å². The number of aromatic nitrogens is 3. The van der Waals surface area contributed by atoms with Crippen molar-refractivity contribution in [3.8, 4) is 0 Å². The molecule has 33 heavy (non-hydrogen) atoms. The van der Waals surface area contributed by atoms with Crippen LogP contribution in [0.2, 0.25) is 0 Å². The smallest absolute Gasteiger partial charge is 0.352 e. The highest BCUT2D eigenvalue weighted by Crippen LogP contribution is 2.42. The summed E-state index contributed by atoms with van der Waals surface area (Å²) >= 11 is 8.39. The highest BCUT2D eigenvalue weighted by Gasteiger charge is 2.54. The van der Waals surface area contributed by atoms with Crippen molar-refractivity contribution in [3.05, 3.63) is 32.8 Å². The first kappa shape index (κ1) is 23.9. The van der Waals surface area contributed by atoms with E-state index in [1.54, 1.807) is 10.9 Å². The van der Waals surface area contributed by atoms with Crippen LogP contribution in [-0.2, 0) is 19.2 Å². The van der Waals surface area contributed by atoms with Crippen LogP contribution in [0.25, 0.3) is 5.57 Å². The van der Waals surface area contributed by atoms with Gasteiger partial charge in [0, 0.05) is 16.9 Å². The van der Waals surface area contributed by atoms with Crippen LogP contribution in [0.4, 0.5) is 5.13 Å². The largest absolute Gasteiger partial charge is 0.477 e. The molecule has 0 bridgehead atoms. The molecule has 4 rings (SSSR count). The SMILES string of the molecule is O=CNc1nc(C(=CBr)C(=O)NC2C(=O)N3C(C(=O)O)=C(CSc4nncs4)CS[C@@H]23)cs1. The third-order valence-electron chi connectivity index (χ3n) is 4.56. The number of thiazole rings is 1. The summed E-state index contributed by atoms with van der Waals surface area (Å²) in [6.07, 6.45) is 0.482.